The predicted octanol–water partition coefficient (Wildman–Crippen LogP) is 1.08. The van der Waals surface area contributed by atoms with Crippen molar-refractivity contribution < 1.29 is 14.6 Å². The summed E-state index contributed by atoms with van der Waals surface area (Å²) < 4.78 is 5.38. The van der Waals surface area contributed by atoms with Crippen LogP contribution < -0.4 is 5.32 Å². The third-order valence-electron chi connectivity index (χ3n) is 4.95. The molecule has 0 aromatic carbocycles. The number of aliphatic hydroxyl groups is 1. The molecular weight excluding hydrogens is 230 g/mol. The highest BCUT2D eigenvalue weighted by molar-refractivity contribution is 5.83. The summed E-state index contributed by atoms with van der Waals surface area (Å²) in [5, 5.41) is 12.2. The van der Waals surface area contributed by atoms with Crippen LogP contribution in [0.25, 0.3) is 0 Å². The van der Waals surface area contributed by atoms with E-state index in [9.17, 15) is 4.79 Å². The number of aliphatic hydroxyl groups excluding tert-OH is 1. The first-order valence-electron chi connectivity index (χ1n) is 7.24. The first-order chi connectivity index (χ1) is 8.75. The van der Waals surface area contributed by atoms with E-state index in [0.717, 1.165) is 32.5 Å². The number of rotatable bonds is 5. The minimum atomic E-state index is 0.172. The highest BCUT2D eigenvalue weighted by Crippen LogP contribution is 2.59. The zero-order valence-electron chi connectivity index (χ0n) is 10.9. The summed E-state index contributed by atoms with van der Waals surface area (Å²) in [6.45, 7) is 1.80. The highest BCUT2D eigenvalue weighted by atomic mass is 16.5. The van der Waals surface area contributed by atoms with Gasteiger partial charge in [0.25, 0.3) is 0 Å². The Bertz CT molecular complexity index is 321. The van der Waals surface area contributed by atoms with Crippen LogP contribution in [-0.4, -0.2) is 36.9 Å². The van der Waals surface area contributed by atoms with Crippen LogP contribution in [0.1, 0.15) is 38.5 Å². The van der Waals surface area contributed by atoms with Gasteiger partial charge in [-0.2, -0.15) is 0 Å². The van der Waals surface area contributed by atoms with Crippen LogP contribution in [-0.2, 0) is 9.53 Å². The van der Waals surface area contributed by atoms with Gasteiger partial charge in [-0.15, -0.1) is 0 Å². The molecule has 3 fully saturated rings. The van der Waals surface area contributed by atoms with Crippen molar-refractivity contribution in [2.24, 2.45) is 17.3 Å². The summed E-state index contributed by atoms with van der Waals surface area (Å²) in [4.78, 5) is 12.3. The molecule has 1 aliphatic heterocycles. The van der Waals surface area contributed by atoms with E-state index >= 15 is 0 Å². The largest absolute Gasteiger partial charge is 0.396 e. The van der Waals surface area contributed by atoms with Crippen molar-refractivity contribution in [3.05, 3.63) is 0 Å². The van der Waals surface area contributed by atoms with E-state index in [4.69, 9.17) is 9.84 Å². The molecule has 18 heavy (non-hydrogen) atoms. The Hall–Kier alpha value is -0.610. The van der Waals surface area contributed by atoms with E-state index in [1.807, 2.05) is 0 Å². The maximum Gasteiger partial charge on any atom is 0.223 e. The molecule has 2 unspecified atom stereocenters. The van der Waals surface area contributed by atoms with Crippen molar-refractivity contribution in [1.82, 2.24) is 5.32 Å². The topological polar surface area (TPSA) is 58.6 Å². The van der Waals surface area contributed by atoms with Crippen molar-refractivity contribution in [2.75, 3.05) is 19.8 Å². The van der Waals surface area contributed by atoms with Crippen molar-refractivity contribution in [3.8, 4) is 0 Å². The number of hydrogen-bond acceptors (Lipinski definition) is 3. The van der Waals surface area contributed by atoms with Crippen molar-refractivity contribution >= 4 is 5.91 Å². The van der Waals surface area contributed by atoms with Crippen molar-refractivity contribution in [2.45, 2.75) is 44.6 Å². The van der Waals surface area contributed by atoms with Gasteiger partial charge in [0.1, 0.15) is 0 Å². The molecule has 1 spiro atoms. The Morgan fingerprint density at radius 2 is 2.11 bits per heavy atom. The number of carbonyl (C=O) groups excluding carboxylic acids is 1. The van der Waals surface area contributed by atoms with Gasteiger partial charge in [0, 0.05) is 31.8 Å². The summed E-state index contributed by atoms with van der Waals surface area (Å²) >= 11 is 0. The van der Waals surface area contributed by atoms with Crippen molar-refractivity contribution in [3.63, 3.8) is 0 Å². The Morgan fingerprint density at radius 1 is 1.39 bits per heavy atom. The SMILES string of the molecule is O=C(NC(CCO)C1CC1)C1CC12CCOCC2. The predicted molar refractivity (Wildman–Crippen MR) is 67.0 cm³/mol. The van der Waals surface area contributed by atoms with Gasteiger partial charge in [-0.25, -0.2) is 0 Å². The zero-order chi connectivity index (χ0) is 12.6. The normalized spacial score (nSPS) is 31.1. The molecule has 4 nitrogen and oxygen atoms in total. The van der Waals surface area contributed by atoms with Crippen LogP contribution in [0, 0.1) is 17.3 Å². The molecule has 102 valence electrons. The lowest BCUT2D eigenvalue weighted by molar-refractivity contribution is -0.124. The molecular formula is C14H23NO3. The number of carbonyl (C=O) groups is 1. The van der Waals surface area contributed by atoms with Crippen molar-refractivity contribution in [1.29, 1.82) is 0 Å². The second-order valence-electron chi connectivity index (χ2n) is 6.20. The molecule has 0 radical (unpaired) electrons. The van der Waals surface area contributed by atoms with Crippen LogP contribution >= 0.6 is 0 Å². The van der Waals surface area contributed by atoms with Gasteiger partial charge < -0.3 is 15.2 Å². The second kappa shape index (κ2) is 4.82. The molecule has 2 saturated carbocycles. The van der Waals surface area contributed by atoms with E-state index in [0.29, 0.717) is 12.3 Å². The molecule has 1 heterocycles. The fraction of sp³-hybridized carbons (Fsp3) is 0.929. The number of ether oxygens (including phenoxy) is 1. The fourth-order valence-electron chi connectivity index (χ4n) is 3.40. The average molecular weight is 253 g/mol. The summed E-state index contributed by atoms with van der Waals surface area (Å²) in [5.74, 6) is 1.05. The Kier molecular flexibility index (Phi) is 3.32. The maximum absolute atomic E-state index is 12.3. The van der Waals surface area contributed by atoms with Gasteiger partial charge in [-0.1, -0.05) is 0 Å². The van der Waals surface area contributed by atoms with Gasteiger partial charge in [-0.3, -0.25) is 4.79 Å². The Balaban J connectivity index is 1.52. The minimum absolute atomic E-state index is 0.172. The minimum Gasteiger partial charge on any atom is -0.396 e. The van der Waals surface area contributed by atoms with Gasteiger partial charge in [0.2, 0.25) is 5.91 Å². The molecule has 4 heteroatoms. The first-order valence-corrected chi connectivity index (χ1v) is 7.24. The van der Waals surface area contributed by atoms with Crippen LogP contribution in [0.2, 0.25) is 0 Å². The Labute approximate surface area is 108 Å². The van der Waals surface area contributed by atoms with Gasteiger partial charge in [0.15, 0.2) is 0 Å². The zero-order valence-corrected chi connectivity index (χ0v) is 10.9. The molecule has 2 aliphatic carbocycles. The highest BCUT2D eigenvalue weighted by Gasteiger charge is 2.58. The molecule has 2 atom stereocenters. The van der Waals surface area contributed by atoms with Gasteiger partial charge in [0.05, 0.1) is 0 Å². The number of hydrogen-bond donors (Lipinski definition) is 2. The standard InChI is InChI=1S/C14H23NO3/c16-6-3-12(10-1-2-10)15-13(17)11-9-14(11)4-7-18-8-5-14/h10-12,16H,1-9H2,(H,15,17). The monoisotopic (exact) mass is 253 g/mol. The average Bonchev–Trinajstić information content (AvgIpc) is 3.25. The van der Waals surface area contributed by atoms with E-state index in [-0.39, 0.29) is 29.9 Å². The molecule has 2 N–H and O–H groups in total. The second-order valence-corrected chi connectivity index (χ2v) is 6.20. The molecule has 0 bridgehead atoms. The quantitative estimate of drug-likeness (QED) is 0.771. The molecule has 1 saturated heterocycles. The fourth-order valence-corrected chi connectivity index (χ4v) is 3.40. The Morgan fingerprint density at radius 3 is 2.72 bits per heavy atom. The van der Waals surface area contributed by atoms with Crippen LogP contribution in [0.5, 0.6) is 0 Å². The maximum atomic E-state index is 12.3. The first kappa shape index (κ1) is 12.4. The van der Waals surface area contributed by atoms with E-state index in [1.54, 1.807) is 0 Å². The number of nitrogens with one attached hydrogen (secondary N) is 1. The van der Waals surface area contributed by atoms with Crippen LogP contribution in [0.15, 0.2) is 0 Å². The van der Waals surface area contributed by atoms with Gasteiger partial charge in [-0.05, 0) is 49.9 Å². The molecule has 3 aliphatic rings. The molecule has 0 aromatic heterocycles. The van der Waals surface area contributed by atoms with Gasteiger partial charge >= 0.3 is 0 Å². The smallest absolute Gasteiger partial charge is 0.223 e. The molecule has 3 rings (SSSR count). The summed E-state index contributed by atoms with van der Waals surface area (Å²) in [5.41, 5.74) is 0.260. The third kappa shape index (κ3) is 2.41. The summed E-state index contributed by atoms with van der Waals surface area (Å²) in [6, 6.07) is 0.208. The lowest BCUT2D eigenvalue weighted by Crippen LogP contribution is -2.39. The summed E-state index contributed by atoms with van der Waals surface area (Å²) in [7, 11) is 0. The van der Waals surface area contributed by atoms with Crippen LogP contribution in [0.3, 0.4) is 0 Å². The van der Waals surface area contributed by atoms with E-state index in [1.165, 1.54) is 12.8 Å². The third-order valence-corrected chi connectivity index (χ3v) is 4.95. The van der Waals surface area contributed by atoms with Crippen LogP contribution in [0.4, 0.5) is 0 Å². The van der Waals surface area contributed by atoms with E-state index in [2.05, 4.69) is 5.32 Å². The lowest BCUT2D eigenvalue weighted by atomic mass is 9.93. The van der Waals surface area contributed by atoms with E-state index < -0.39 is 0 Å². The molecule has 0 aromatic rings. The number of amides is 1. The molecule has 1 amide bonds. The summed E-state index contributed by atoms with van der Waals surface area (Å²) in [6.07, 6.45) is 6.24. The lowest BCUT2D eigenvalue weighted by Gasteiger charge is -2.23.